The van der Waals surface area contributed by atoms with Crippen molar-refractivity contribution in [1.29, 1.82) is 0 Å². The molecule has 2 heterocycles. The highest BCUT2D eigenvalue weighted by Gasteiger charge is 1.99. The third-order valence-electron chi connectivity index (χ3n) is 1.49. The van der Waals surface area contributed by atoms with E-state index in [4.69, 9.17) is 5.73 Å². The van der Waals surface area contributed by atoms with Gasteiger partial charge in [-0.15, -0.1) is 0 Å². The summed E-state index contributed by atoms with van der Waals surface area (Å²) in [5.41, 5.74) is 3.38. The fraction of sp³-hybridized carbons (Fsp3) is 0. The minimum absolute atomic E-state index is 0.562. The molecule has 3 N–H and O–H groups in total. The summed E-state index contributed by atoms with van der Waals surface area (Å²) in [7, 11) is 0. The average Bonchev–Trinajstić information content (AvgIpc) is 2.74. The molecule has 0 radical (unpaired) electrons. The van der Waals surface area contributed by atoms with Crippen LogP contribution in [0.4, 0.5) is 4.79 Å². The van der Waals surface area contributed by atoms with Gasteiger partial charge in [0.15, 0.2) is 0 Å². The van der Waals surface area contributed by atoms with Gasteiger partial charge in [0.2, 0.25) is 0 Å². The Labute approximate surface area is 94.0 Å². The average molecular weight is 239 g/mol. The molecule has 84 valence electrons. The maximum absolute atomic E-state index is 10.7. The molecule has 7 heteroatoms. The molecule has 1 amide bonds. The molecule has 0 saturated heterocycles. The molecule has 0 spiro atoms. The van der Waals surface area contributed by atoms with E-state index >= 15 is 0 Å². The number of H-pyrrole nitrogens is 1. The van der Waals surface area contributed by atoms with E-state index in [1.165, 1.54) is 0 Å². The number of amides is 1. The largest absolute Gasteiger partial charge is 0.351 e. The van der Waals surface area contributed by atoms with Gasteiger partial charge in [-0.2, -0.15) is 11.3 Å². The lowest BCUT2D eigenvalue weighted by molar-refractivity contribution is 0.249. The monoisotopic (exact) mass is 239 g/mol. The zero-order valence-electron chi connectivity index (χ0n) is 8.12. The van der Waals surface area contributed by atoms with E-state index in [9.17, 15) is 14.4 Å². The number of nitrogens with two attached hydrogens (primary N) is 1. The van der Waals surface area contributed by atoms with E-state index in [1.54, 1.807) is 11.3 Å². The number of carbonyl (C=O) groups is 1. The molecule has 0 aromatic carbocycles. The van der Waals surface area contributed by atoms with Crippen LogP contribution in [0.2, 0.25) is 0 Å². The first-order valence-corrected chi connectivity index (χ1v) is 5.14. The summed E-state index contributed by atoms with van der Waals surface area (Å²) in [6.07, 6.45) is 1.02. The summed E-state index contributed by atoms with van der Waals surface area (Å²) in [5.74, 6) is 0. The van der Waals surface area contributed by atoms with Crippen LogP contribution in [-0.2, 0) is 0 Å². The van der Waals surface area contributed by atoms with Crippen molar-refractivity contribution in [1.82, 2.24) is 9.55 Å². The Hall–Kier alpha value is -2.15. The first-order chi connectivity index (χ1) is 7.61. The zero-order chi connectivity index (χ0) is 12.0. The van der Waals surface area contributed by atoms with Crippen molar-refractivity contribution in [2.45, 2.75) is 0 Å². The highest BCUT2D eigenvalue weighted by Crippen LogP contribution is 1.91. The van der Waals surface area contributed by atoms with Crippen molar-refractivity contribution in [2.75, 3.05) is 0 Å². The quantitative estimate of drug-likeness (QED) is 0.687. The van der Waals surface area contributed by atoms with E-state index < -0.39 is 17.3 Å². The predicted molar refractivity (Wildman–Crippen MR) is 60.6 cm³/mol. The van der Waals surface area contributed by atoms with Crippen LogP contribution < -0.4 is 17.0 Å². The van der Waals surface area contributed by atoms with Gasteiger partial charge in [0, 0.05) is 12.3 Å². The van der Waals surface area contributed by atoms with E-state index in [0.717, 1.165) is 12.3 Å². The normalized spacial score (nSPS) is 9.00. The number of thiophene rings is 1. The topological polar surface area (TPSA) is 97.9 Å². The Morgan fingerprint density at radius 2 is 1.94 bits per heavy atom. The number of hydrogen-bond donors (Lipinski definition) is 2. The van der Waals surface area contributed by atoms with E-state index in [2.05, 4.69) is 0 Å². The summed E-state index contributed by atoms with van der Waals surface area (Å²) in [5, 5.41) is 4.08. The van der Waals surface area contributed by atoms with Gasteiger partial charge in [0.1, 0.15) is 0 Å². The Balaban J connectivity index is 0.000000212. The smallest absolute Gasteiger partial charge is 0.336 e. The first kappa shape index (κ1) is 11.9. The molecule has 16 heavy (non-hydrogen) atoms. The van der Waals surface area contributed by atoms with Gasteiger partial charge in [-0.25, -0.2) is 14.2 Å². The van der Waals surface area contributed by atoms with E-state index in [-0.39, 0.29) is 0 Å². The molecule has 0 atom stereocenters. The SMILES string of the molecule is NC(=O)n1ccc(=O)[nH]c1=O.c1ccsc1. The molecule has 0 bridgehead atoms. The van der Waals surface area contributed by atoms with E-state index in [1.807, 2.05) is 27.9 Å². The summed E-state index contributed by atoms with van der Waals surface area (Å²) < 4.78 is 0.599. The lowest BCUT2D eigenvalue weighted by Crippen LogP contribution is -2.36. The van der Waals surface area contributed by atoms with Gasteiger partial charge >= 0.3 is 11.7 Å². The van der Waals surface area contributed by atoms with Gasteiger partial charge in [0.25, 0.3) is 5.56 Å². The molecule has 0 unspecified atom stereocenters. The second-order valence-corrected chi connectivity index (χ2v) is 3.43. The summed E-state index contributed by atoms with van der Waals surface area (Å²) in [4.78, 5) is 33.4. The molecule has 2 rings (SSSR count). The Morgan fingerprint density at radius 1 is 1.31 bits per heavy atom. The molecule has 0 fully saturated rings. The number of primary amides is 1. The van der Waals surface area contributed by atoms with Crippen LogP contribution in [0, 0.1) is 0 Å². The molecule has 0 saturated carbocycles. The van der Waals surface area contributed by atoms with Gasteiger partial charge in [0.05, 0.1) is 0 Å². The van der Waals surface area contributed by atoms with Crippen molar-refractivity contribution < 1.29 is 4.79 Å². The van der Waals surface area contributed by atoms with Crippen LogP contribution in [0.5, 0.6) is 0 Å². The minimum Gasteiger partial charge on any atom is -0.351 e. The van der Waals surface area contributed by atoms with Gasteiger partial charge < -0.3 is 5.73 Å². The summed E-state index contributed by atoms with van der Waals surface area (Å²) in [6.45, 7) is 0. The number of aromatic amines is 1. The van der Waals surface area contributed by atoms with E-state index in [0.29, 0.717) is 4.57 Å². The van der Waals surface area contributed by atoms with Crippen LogP contribution in [0.25, 0.3) is 0 Å². The van der Waals surface area contributed by atoms with Crippen molar-refractivity contribution in [3.8, 4) is 0 Å². The Bertz CT molecular complexity index is 539. The fourth-order valence-electron chi connectivity index (χ4n) is 0.818. The molecular weight excluding hydrogens is 230 g/mol. The van der Waals surface area contributed by atoms with Crippen LogP contribution in [-0.4, -0.2) is 15.6 Å². The molecule has 2 aromatic heterocycles. The fourth-order valence-corrected chi connectivity index (χ4v) is 1.27. The number of aromatic nitrogens is 2. The summed E-state index contributed by atoms with van der Waals surface area (Å²) in [6, 6.07) is 4.15. The third-order valence-corrected chi connectivity index (χ3v) is 2.12. The number of nitrogens with one attached hydrogen (secondary N) is 1. The summed E-state index contributed by atoms with van der Waals surface area (Å²) >= 11 is 1.71. The number of hydrogen-bond acceptors (Lipinski definition) is 4. The molecule has 2 aromatic rings. The molecule has 0 aliphatic heterocycles. The lowest BCUT2D eigenvalue weighted by Gasteiger charge is -1.94. The predicted octanol–water partition coefficient (Wildman–Crippen LogP) is 0.211. The molecule has 0 aliphatic carbocycles. The number of carbonyl (C=O) groups excluding carboxylic acids is 1. The second kappa shape index (κ2) is 5.66. The van der Waals surface area contributed by atoms with Crippen molar-refractivity contribution >= 4 is 17.4 Å². The van der Waals surface area contributed by atoms with Gasteiger partial charge in [-0.1, -0.05) is 12.1 Å². The number of nitrogens with zero attached hydrogens (tertiary/aromatic N) is 1. The minimum atomic E-state index is -0.925. The van der Waals surface area contributed by atoms with Gasteiger partial charge in [-0.3, -0.25) is 9.78 Å². The maximum atomic E-state index is 10.7. The second-order valence-electron chi connectivity index (χ2n) is 2.61. The first-order valence-electron chi connectivity index (χ1n) is 4.20. The third kappa shape index (κ3) is 3.54. The zero-order valence-corrected chi connectivity index (χ0v) is 8.94. The molecular formula is C9H9N3O3S. The number of rotatable bonds is 0. The standard InChI is InChI=1S/C5H5N3O3.C4H4S/c6-4(10)8-2-1-3(9)7-5(8)11;1-2-4-5-3-1/h1-2H,(H2,6,10)(H,7,9,11);1-4H. The van der Waals surface area contributed by atoms with Crippen molar-refractivity contribution in [3.05, 3.63) is 56.0 Å². The highest BCUT2D eigenvalue weighted by molar-refractivity contribution is 7.07. The molecule has 6 nitrogen and oxygen atoms in total. The Kier molecular flexibility index (Phi) is 4.22. The van der Waals surface area contributed by atoms with Crippen LogP contribution >= 0.6 is 11.3 Å². The lowest BCUT2D eigenvalue weighted by atomic mass is 10.6. The Morgan fingerprint density at radius 3 is 2.31 bits per heavy atom. The van der Waals surface area contributed by atoms with Crippen LogP contribution in [0.1, 0.15) is 0 Å². The van der Waals surface area contributed by atoms with Crippen molar-refractivity contribution in [3.63, 3.8) is 0 Å². The highest BCUT2D eigenvalue weighted by atomic mass is 32.1. The van der Waals surface area contributed by atoms with Crippen molar-refractivity contribution in [2.24, 2.45) is 5.73 Å². The van der Waals surface area contributed by atoms with Crippen LogP contribution in [0.15, 0.2) is 44.7 Å². The molecule has 0 aliphatic rings. The maximum Gasteiger partial charge on any atom is 0.336 e. The van der Waals surface area contributed by atoms with Gasteiger partial charge in [-0.05, 0) is 10.8 Å². The van der Waals surface area contributed by atoms with Crippen LogP contribution in [0.3, 0.4) is 0 Å².